The monoisotopic (exact) mass is 300 g/mol. The molecule has 5 nitrogen and oxygen atoms in total. The molecule has 0 radical (unpaired) electrons. The van der Waals surface area contributed by atoms with Gasteiger partial charge in [-0.1, -0.05) is 18.2 Å². The third-order valence-electron chi connectivity index (χ3n) is 4.61. The number of ketones is 1. The van der Waals surface area contributed by atoms with Gasteiger partial charge in [-0.2, -0.15) is 0 Å². The van der Waals surface area contributed by atoms with Crippen molar-refractivity contribution >= 4 is 22.7 Å². The summed E-state index contributed by atoms with van der Waals surface area (Å²) in [5, 5.41) is 10.2. The van der Waals surface area contributed by atoms with Gasteiger partial charge in [0.25, 0.3) is 0 Å². The Bertz CT molecular complexity index is 749. The van der Waals surface area contributed by atoms with E-state index >= 15 is 0 Å². The van der Waals surface area contributed by atoms with Crippen LogP contribution in [0.3, 0.4) is 0 Å². The number of aliphatic carboxylic acids is 1. The number of carbonyl (C=O) groups is 2. The molecule has 2 aromatic rings. The van der Waals surface area contributed by atoms with Gasteiger partial charge in [0.1, 0.15) is 0 Å². The van der Waals surface area contributed by atoms with E-state index in [2.05, 4.69) is 4.98 Å². The number of para-hydroxylation sites is 1. The first kappa shape index (κ1) is 14.8. The number of carboxylic acids is 1. The van der Waals surface area contributed by atoms with Crippen LogP contribution in [0.1, 0.15) is 29.4 Å². The third-order valence-corrected chi connectivity index (χ3v) is 4.61. The van der Waals surface area contributed by atoms with Gasteiger partial charge in [-0.3, -0.25) is 14.5 Å². The summed E-state index contributed by atoms with van der Waals surface area (Å²) in [5.41, 5.74) is 1.81. The molecule has 1 aliphatic rings. The number of benzene rings is 1. The Morgan fingerprint density at radius 3 is 2.77 bits per heavy atom. The molecule has 0 amide bonds. The van der Waals surface area contributed by atoms with E-state index in [9.17, 15) is 14.7 Å². The van der Waals surface area contributed by atoms with E-state index in [1.54, 1.807) is 6.92 Å². The molecule has 0 aliphatic carbocycles. The molecule has 1 atom stereocenters. The summed E-state index contributed by atoms with van der Waals surface area (Å²) >= 11 is 0. The van der Waals surface area contributed by atoms with Crippen LogP contribution in [-0.4, -0.2) is 46.4 Å². The first-order chi connectivity index (χ1) is 10.4. The molecular weight excluding hydrogens is 280 g/mol. The quantitative estimate of drug-likeness (QED) is 0.851. The zero-order chi connectivity index (χ0) is 15.9. The Morgan fingerprint density at radius 2 is 2.09 bits per heavy atom. The highest BCUT2D eigenvalue weighted by Gasteiger charge is 2.40. The summed E-state index contributed by atoms with van der Waals surface area (Å²) in [7, 11) is 0. The van der Waals surface area contributed by atoms with Crippen molar-refractivity contribution in [1.29, 1.82) is 0 Å². The number of carboxylic acid groups (broad SMARTS) is 1. The number of aromatic amines is 1. The highest BCUT2D eigenvalue weighted by Crippen LogP contribution is 2.30. The Balaban J connectivity index is 1.80. The van der Waals surface area contributed by atoms with Gasteiger partial charge in [0.05, 0.1) is 12.0 Å². The van der Waals surface area contributed by atoms with E-state index in [4.69, 9.17) is 0 Å². The summed E-state index contributed by atoms with van der Waals surface area (Å²) in [5.74, 6) is -0.740. The van der Waals surface area contributed by atoms with Crippen LogP contribution >= 0.6 is 0 Å². The number of carbonyl (C=O) groups excluding carboxylic acids is 1. The van der Waals surface area contributed by atoms with Crippen molar-refractivity contribution in [2.75, 3.05) is 19.6 Å². The van der Waals surface area contributed by atoms with Crippen LogP contribution in [0, 0.1) is 12.3 Å². The number of hydrogen-bond donors (Lipinski definition) is 2. The lowest BCUT2D eigenvalue weighted by molar-refractivity contribution is -0.147. The van der Waals surface area contributed by atoms with Crippen molar-refractivity contribution in [2.45, 2.75) is 20.3 Å². The molecule has 1 aromatic carbocycles. The molecule has 0 spiro atoms. The zero-order valence-electron chi connectivity index (χ0n) is 12.8. The molecule has 2 heterocycles. The Labute approximate surface area is 128 Å². The summed E-state index contributed by atoms with van der Waals surface area (Å²) in [6.07, 6.45) is 0.586. The molecule has 0 saturated carbocycles. The molecule has 1 aliphatic heterocycles. The fourth-order valence-electron chi connectivity index (χ4n) is 3.28. The summed E-state index contributed by atoms with van der Waals surface area (Å²) in [6, 6.07) is 7.75. The normalized spacial score (nSPS) is 22.3. The van der Waals surface area contributed by atoms with Crippen molar-refractivity contribution < 1.29 is 14.7 Å². The number of rotatable bonds is 4. The Kier molecular flexibility index (Phi) is 3.53. The van der Waals surface area contributed by atoms with Gasteiger partial charge in [0, 0.05) is 28.7 Å². The number of nitrogens with one attached hydrogen (secondary N) is 1. The number of nitrogens with zero attached hydrogens (tertiary/aromatic N) is 1. The van der Waals surface area contributed by atoms with E-state index in [0.717, 1.165) is 22.2 Å². The number of H-pyrrole nitrogens is 1. The van der Waals surface area contributed by atoms with Crippen molar-refractivity contribution in [2.24, 2.45) is 5.41 Å². The molecule has 116 valence electrons. The Morgan fingerprint density at radius 1 is 1.36 bits per heavy atom. The van der Waals surface area contributed by atoms with Crippen LogP contribution in [0.15, 0.2) is 24.3 Å². The van der Waals surface area contributed by atoms with Crippen LogP contribution in [0.25, 0.3) is 10.9 Å². The van der Waals surface area contributed by atoms with Crippen LogP contribution < -0.4 is 0 Å². The average molecular weight is 300 g/mol. The van der Waals surface area contributed by atoms with Gasteiger partial charge in [0.2, 0.25) is 0 Å². The first-order valence-electron chi connectivity index (χ1n) is 7.47. The molecule has 1 fully saturated rings. The number of aryl methyl sites for hydroxylation is 1. The predicted molar refractivity (Wildman–Crippen MR) is 84.2 cm³/mol. The highest BCUT2D eigenvalue weighted by atomic mass is 16.4. The van der Waals surface area contributed by atoms with Crippen molar-refractivity contribution in [3.63, 3.8) is 0 Å². The number of hydrogen-bond acceptors (Lipinski definition) is 3. The molecule has 1 unspecified atom stereocenters. The average Bonchev–Trinajstić information content (AvgIpc) is 2.99. The minimum absolute atomic E-state index is 0.0459. The van der Waals surface area contributed by atoms with Gasteiger partial charge in [-0.25, -0.2) is 0 Å². The number of fused-ring (bicyclic) bond motifs is 1. The number of Topliss-reactive ketones (excluding diaryl/α,β-unsaturated/α-hetero) is 1. The largest absolute Gasteiger partial charge is 0.481 e. The van der Waals surface area contributed by atoms with Crippen molar-refractivity contribution in [3.05, 3.63) is 35.5 Å². The molecular formula is C17H20N2O3. The number of aromatic nitrogens is 1. The first-order valence-corrected chi connectivity index (χ1v) is 7.47. The van der Waals surface area contributed by atoms with Gasteiger partial charge in [-0.05, 0) is 32.9 Å². The molecule has 3 rings (SSSR count). The second kappa shape index (κ2) is 5.25. The molecule has 1 saturated heterocycles. The maximum absolute atomic E-state index is 12.7. The molecule has 0 bridgehead atoms. The molecule has 1 aromatic heterocycles. The standard InChI is InChI=1S/C17H20N2O3/c1-11-15(12-5-3-4-6-13(12)18-11)14(20)9-19-8-7-17(2,10-19)16(21)22/h3-6,18H,7-10H2,1-2H3,(H,21,22). The molecule has 5 heteroatoms. The van der Waals surface area contributed by atoms with Gasteiger partial charge in [0.15, 0.2) is 5.78 Å². The van der Waals surface area contributed by atoms with Crippen LogP contribution in [0.2, 0.25) is 0 Å². The van der Waals surface area contributed by atoms with E-state index < -0.39 is 11.4 Å². The molecule has 2 N–H and O–H groups in total. The van der Waals surface area contributed by atoms with Crippen LogP contribution in [0.5, 0.6) is 0 Å². The molecule has 22 heavy (non-hydrogen) atoms. The fraction of sp³-hybridized carbons (Fsp3) is 0.412. The summed E-state index contributed by atoms with van der Waals surface area (Å²) < 4.78 is 0. The van der Waals surface area contributed by atoms with Crippen LogP contribution in [-0.2, 0) is 4.79 Å². The van der Waals surface area contributed by atoms with Crippen molar-refractivity contribution in [1.82, 2.24) is 9.88 Å². The van der Waals surface area contributed by atoms with E-state index in [0.29, 0.717) is 19.5 Å². The van der Waals surface area contributed by atoms with E-state index in [1.165, 1.54) is 0 Å². The zero-order valence-corrected chi connectivity index (χ0v) is 12.8. The van der Waals surface area contributed by atoms with Gasteiger partial charge >= 0.3 is 5.97 Å². The smallest absolute Gasteiger partial charge is 0.310 e. The SMILES string of the molecule is Cc1[nH]c2ccccc2c1C(=O)CN1CCC(C)(C(=O)O)C1. The lowest BCUT2D eigenvalue weighted by Crippen LogP contribution is -2.34. The second-order valence-corrected chi connectivity index (χ2v) is 6.42. The fourth-order valence-corrected chi connectivity index (χ4v) is 3.28. The predicted octanol–water partition coefficient (Wildman–Crippen LogP) is 2.46. The minimum Gasteiger partial charge on any atom is -0.481 e. The third kappa shape index (κ3) is 2.41. The van der Waals surface area contributed by atoms with Gasteiger partial charge < -0.3 is 10.1 Å². The lowest BCUT2D eigenvalue weighted by atomic mass is 9.90. The highest BCUT2D eigenvalue weighted by molar-refractivity contribution is 6.10. The van der Waals surface area contributed by atoms with E-state index in [1.807, 2.05) is 36.1 Å². The summed E-state index contributed by atoms with van der Waals surface area (Å²) in [6.45, 7) is 4.99. The van der Waals surface area contributed by atoms with Gasteiger partial charge in [-0.15, -0.1) is 0 Å². The maximum Gasteiger partial charge on any atom is 0.310 e. The maximum atomic E-state index is 12.7. The van der Waals surface area contributed by atoms with Crippen LogP contribution in [0.4, 0.5) is 0 Å². The second-order valence-electron chi connectivity index (χ2n) is 6.42. The Hall–Kier alpha value is -2.14. The number of likely N-dealkylation sites (tertiary alicyclic amines) is 1. The van der Waals surface area contributed by atoms with Crippen molar-refractivity contribution in [3.8, 4) is 0 Å². The van der Waals surface area contributed by atoms with E-state index in [-0.39, 0.29) is 12.3 Å². The lowest BCUT2D eigenvalue weighted by Gasteiger charge is -2.19. The summed E-state index contributed by atoms with van der Waals surface area (Å²) in [4.78, 5) is 29.1. The minimum atomic E-state index is -0.786. The topological polar surface area (TPSA) is 73.4 Å².